The van der Waals surface area contributed by atoms with Crippen molar-refractivity contribution < 1.29 is 19.1 Å². The molecule has 2 aliphatic rings. The van der Waals surface area contributed by atoms with Crippen molar-refractivity contribution in [1.29, 1.82) is 0 Å². The van der Waals surface area contributed by atoms with Gasteiger partial charge >= 0.3 is 0 Å². The van der Waals surface area contributed by atoms with Crippen LogP contribution in [-0.2, 0) is 22.4 Å². The van der Waals surface area contributed by atoms with Crippen molar-refractivity contribution in [3.05, 3.63) is 63.7 Å². The van der Waals surface area contributed by atoms with E-state index in [2.05, 4.69) is 9.88 Å². The number of aromatic nitrogens is 2. The molecule has 0 radical (unpaired) electrons. The van der Waals surface area contributed by atoms with Gasteiger partial charge in [0.1, 0.15) is 17.2 Å². The summed E-state index contributed by atoms with van der Waals surface area (Å²) >= 11 is 6.89. The van der Waals surface area contributed by atoms with Crippen LogP contribution >= 0.6 is 11.6 Å². The highest BCUT2D eigenvalue weighted by Crippen LogP contribution is 2.46. The number of nitrogens with zero attached hydrogens (tertiary/aromatic N) is 5. The molecule has 1 fully saturated rings. The van der Waals surface area contributed by atoms with Crippen LogP contribution in [-0.4, -0.2) is 83.1 Å². The maximum atomic E-state index is 16.8. The van der Waals surface area contributed by atoms with Crippen molar-refractivity contribution in [3.8, 4) is 0 Å². The van der Waals surface area contributed by atoms with E-state index in [4.69, 9.17) is 16.6 Å². The number of hydrogen-bond donors (Lipinski definition) is 1. The standard InChI is InChI=1S/C31H37ClFN5O3/c1-18-24(40)16-20-8-5-6-9-21(20)27(18)28-23(32)17-22-30(29(28)33)34-25(10-7-11-26(41)36(3)4)35-31(22)38-14-12-37(13-15-38)19(2)39/h5-6,8-9,17-18,24,27,40H,7,10-16H2,1-4H3/t18-,24+,27?/m1/s1. The van der Waals surface area contributed by atoms with Gasteiger partial charge in [0.2, 0.25) is 11.8 Å². The van der Waals surface area contributed by atoms with Gasteiger partial charge in [0.25, 0.3) is 0 Å². The normalized spacial score (nSPS) is 20.7. The Labute approximate surface area is 245 Å². The third-order valence-electron chi connectivity index (χ3n) is 8.52. The van der Waals surface area contributed by atoms with E-state index in [1.165, 1.54) is 0 Å². The first-order valence-corrected chi connectivity index (χ1v) is 14.6. The van der Waals surface area contributed by atoms with Crippen LogP contribution in [0.25, 0.3) is 10.9 Å². The first kappa shape index (κ1) is 29.2. The lowest BCUT2D eigenvalue weighted by atomic mass is 9.71. The monoisotopic (exact) mass is 581 g/mol. The molecule has 1 aliphatic carbocycles. The third kappa shape index (κ3) is 5.75. The van der Waals surface area contributed by atoms with Gasteiger partial charge in [0.15, 0.2) is 5.82 Å². The van der Waals surface area contributed by atoms with Crippen LogP contribution in [0.3, 0.4) is 0 Å². The number of aliphatic hydroxyl groups excluding tert-OH is 1. The molecule has 1 saturated heterocycles. The van der Waals surface area contributed by atoms with Crippen LogP contribution in [0.5, 0.6) is 0 Å². The Morgan fingerprint density at radius 2 is 1.85 bits per heavy atom. The van der Waals surface area contributed by atoms with Gasteiger partial charge in [-0.1, -0.05) is 42.8 Å². The van der Waals surface area contributed by atoms with E-state index < -0.39 is 17.8 Å². The number of aryl methyl sites for hydroxylation is 1. The molecule has 8 nitrogen and oxygen atoms in total. The minimum atomic E-state index is -0.635. The molecule has 10 heteroatoms. The summed E-state index contributed by atoms with van der Waals surface area (Å²) in [7, 11) is 3.44. The molecule has 1 aliphatic heterocycles. The lowest BCUT2D eigenvalue weighted by Crippen LogP contribution is -2.48. The SMILES string of the molecule is CC(=O)N1CCN(c2nc(CCCC(=O)N(C)C)nc3c(F)c(C4c5ccccc5C[C@H](O)[C@H]4C)c(Cl)cc23)CC1. The number of benzene rings is 2. The fourth-order valence-corrected chi connectivity index (χ4v) is 6.40. The number of hydrogen-bond acceptors (Lipinski definition) is 6. The molecule has 3 aromatic rings. The molecule has 218 valence electrons. The third-order valence-corrected chi connectivity index (χ3v) is 8.83. The molecule has 1 N–H and O–H groups in total. The summed E-state index contributed by atoms with van der Waals surface area (Å²) in [5.74, 6) is -0.141. The van der Waals surface area contributed by atoms with Crippen molar-refractivity contribution >= 4 is 40.1 Å². The minimum absolute atomic E-state index is 0.00938. The maximum Gasteiger partial charge on any atom is 0.222 e. The van der Waals surface area contributed by atoms with Crippen molar-refractivity contribution in [2.24, 2.45) is 5.92 Å². The molecule has 3 atom stereocenters. The second-order valence-electron chi connectivity index (χ2n) is 11.4. The topological polar surface area (TPSA) is 89.9 Å². The van der Waals surface area contributed by atoms with E-state index in [1.807, 2.05) is 31.2 Å². The Hall–Kier alpha value is -3.30. The Balaban J connectivity index is 1.61. The summed E-state index contributed by atoms with van der Waals surface area (Å²) in [6.45, 7) is 5.65. The van der Waals surface area contributed by atoms with Crippen LogP contribution < -0.4 is 4.90 Å². The van der Waals surface area contributed by atoms with E-state index in [0.29, 0.717) is 74.5 Å². The molecule has 5 rings (SSSR count). The summed E-state index contributed by atoms with van der Waals surface area (Å²) < 4.78 is 16.8. The zero-order valence-electron chi connectivity index (χ0n) is 24.0. The van der Waals surface area contributed by atoms with Crippen molar-refractivity contribution in [2.75, 3.05) is 45.2 Å². The zero-order chi connectivity index (χ0) is 29.4. The number of piperazine rings is 1. The highest BCUT2D eigenvalue weighted by atomic mass is 35.5. The van der Waals surface area contributed by atoms with Gasteiger partial charge < -0.3 is 19.8 Å². The second kappa shape index (κ2) is 11.9. The predicted octanol–water partition coefficient (Wildman–Crippen LogP) is 4.19. The number of fused-ring (bicyclic) bond motifs is 2. The molecule has 0 saturated carbocycles. The van der Waals surface area contributed by atoms with Crippen LogP contribution in [0, 0.1) is 11.7 Å². The lowest BCUT2D eigenvalue weighted by molar-refractivity contribution is -0.129. The van der Waals surface area contributed by atoms with Crippen LogP contribution in [0.4, 0.5) is 10.2 Å². The first-order chi connectivity index (χ1) is 19.6. The number of amides is 2. The van der Waals surface area contributed by atoms with Gasteiger partial charge in [0.05, 0.1) is 6.10 Å². The van der Waals surface area contributed by atoms with Gasteiger partial charge in [0, 0.05) is 81.9 Å². The van der Waals surface area contributed by atoms with Crippen molar-refractivity contribution in [1.82, 2.24) is 19.8 Å². The zero-order valence-corrected chi connectivity index (χ0v) is 24.8. The summed E-state index contributed by atoms with van der Waals surface area (Å²) in [6.07, 6.45) is 1.15. The number of aliphatic hydroxyl groups is 1. The molecule has 1 aromatic heterocycles. The maximum absolute atomic E-state index is 16.8. The second-order valence-corrected chi connectivity index (χ2v) is 11.8. The van der Waals surface area contributed by atoms with E-state index in [-0.39, 0.29) is 28.3 Å². The fourth-order valence-electron chi connectivity index (χ4n) is 6.09. The minimum Gasteiger partial charge on any atom is -0.392 e. The molecule has 0 spiro atoms. The first-order valence-electron chi connectivity index (χ1n) is 14.2. The number of halogens is 2. The summed E-state index contributed by atoms with van der Waals surface area (Å²) in [6, 6.07) is 9.55. The number of anilines is 1. The summed E-state index contributed by atoms with van der Waals surface area (Å²) in [4.78, 5) is 39.0. The number of rotatable bonds is 6. The highest BCUT2D eigenvalue weighted by Gasteiger charge is 2.37. The quantitative estimate of drug-likeness (QED) is 0.470. The van der Waals surface area contributed by atoms with E-state index in [1.54, 1.807) is 36.9 Å². The van der Waals surface area contributed by atoms with E-state index in [9.17, 15) is 14.7 Å². The molecule has 2 aromatic carbocycles. The molecule has 41 heavy (non-hydrogen) atoms. The number of carbonyl (C=O) groups excluding carboxylic acids is 2. The van der Waals surface area contributed by atoms with Crippen molar-refractivity contribution in [2.45, 2.75) is 51.6 Å². The highest BCUT2D eigenvalue weighted by molar-refractivity contribution is 6.32. The van der Waals surface area contributed by atoms with Gasteiger partial charge in [-0.2, -0.15) is 0 Å². The fraction of sp³-hybridized carbons (Fsp3) is 0.484. The Kier molecular flexibility index (Phi) is 8.47. The molecule has 2 heterocycles. The van der Waals surface area contributed by atoms with Gasteiger partial charge in [-0.15, -0.1) is 0 Å². The Morgan fingerprint density at radius 3 is 2.54 bits per heavy atom. The summed E-state index contributed by atoms with van der Waals surface area (Å²) in [5.41, 5.74) is 2.46. The van der Waals surface area contributed by atoms with Crippen LogP contribution in [0.15, 0.2) is 30.3 Å². The number of carbonyl (C=O) groups is 2. The van der Waals surface area contributed by atoms with Gasteiger partial charge in [-0.3, -0.25) is 9.59 Å². The molecule has 2 amide bonds. The van der Waals surface area contributed by atoms with E-state index >= 15 is 4.39 Å². The molecular weight excluding hydrogens is 545 g/mol. The van der Waals surface area contributed by atoms with Gasteiger partial charge in [-0.05, 0) is 36.0 Å². The predicted molar refractivity (Wildman–Crippen MR) is 158 cm³/mol. The largest absolute Gasteiger partial charge is 0.392 e. The molecule has 0 bridgehead atoms. The Bertz CT molecular complexity index is 1470. The summed E-state index contributed by atoms with van der Waals surface area (Å²) in [5, 5.41) is 11.7. The van der Waals surface area contributed by atoms with E-state index in [0.717, 1.165) is 11.1 Å². The lowest BCUT2D eigenvalue weighted by Gasteiger charge is -2.37. The average molecular weight is 582 g/mol. The van der Waals surface area contributed by atoms with Gasteiger partial charge in [-0.25, -0.2) is 14.4 Å². The van der Waals surface area contributed by atoms with Crippen LogP contribution in [0.2, 0.25) is 5.02 Å². The molecular formula is C31H37ClFN5O3. The molecule has 1 unspecified atom stereocenters. The van der Waals surface area contributed by atoms with Crippen molar-refractivity contribution in [3.63, 3.8) is 0 Å². The van der Waals surface area contributed by atoms with Crippen LogP contribution in [0.1, 0.15) is 55.1 Å². The Morgan fingerprint density at radius 1 is 1.15 bits per heavy atom. The smallest absolute Gasteiger partial charge is 0.222 e. The average Bonchev–Trinajstić information content (AvgIpc) is 2.95.